The quantitative estimate of drug-likeness (QED) is 0.864. The van der Waals surface area contributed by atoms with Gasteiger partial charge in [0.2, 0.25) is 0 Å². The Morgan fingerprint density at radius 3 is 2.78 bits per heavy atom. The zero-order valence-electron chi connectivity index (χ0n) is 10.6. The van der Waals surface area contributed by atoms with Crippen LogP contribution >= 0.6 is 15.9 Å². The van der Waals surface area contributed by atoms with Crippen LogP contribution in [0.15, 0.2) is 41.1 Å². The van der Waals surface area contributed by atoms with Crippen molar-refractivity contribution in [2.45, 2.75) is 20.4 Å². The van der Waals surface area contributed by atoms with Gasteiger partial charge in [-0.3, -0.25) is 9.97 Å². The molecule has 0 radical (unpaired) electrons. The van der Waals surface area contributed by atoms with Gasteiger partial charge >= 0.3 is 0 Å². The van der Waals surface area contributed by atoms with Gasteiger partial charge in [0.25, 0.3) is 0 Å². The number of pyridine rings is 2. The van der Waals surface area contributed by atoms with Crippen molar-refractivity contribution in [2.24, 2.45) is 0 Å². The number of hydrogen-bond donors (Lipinski definition) is 0. The Kier molecular flexibility index (Phi) is 4.31. The molecule has 2 heterocycles. The molecular formula is C14H16BrN3. The third-order valence-electron chi connectivity index (χ3n) is 2.74. The van der Waals surface area contributed by atoms with Gasteiger partial charge in [0.15, 0.2) is 0 Å². The average molecular weight is 306 g/mol. The Morgan fingerprint density at radius 2 is 2.11 bits per heavy atom. The molecule has 0 aromatic carbocycles. The monoisotopic (exact) mass is 305 g/mol. The van der Waals surface area contributed by atoms with Crippen molar-refractivity contribution in [1.82, 2.24) is 9.97 Å². The van der Waals surface area contributed by atoms with E-state index in [1.54, 1.807) is 6.20 Å². The first-order valence-electron chi connectivity index (χ1n) is 5.97. The lowest BCUT2D eigenvalue weighted by molar-refractivity contribution is 0.803. The highest BCUT2D eigenvalue weighted by Crippen LogP contribution is 2.19. The minimum absolute atomic E-state index is 0.802. The maximum atomic E-state index is 4.54. The van der Waals surface area contributed by atoms with Crippen LogP contribution in [0, 0.1) is 6.92 Å². The fourth-order valence-corrected chi connectivity index (χ4v) is 2.20. The predicted octanol–water partition coefficient (Wildman–Crippen LogP) is 3.57. The maximum Gasteiger partial charge on any atom is 0.0602 e. The molecule has 0 saturated heterocycles. The summed E-state index contributed by atoms with van der Waals surface area (Å²) in [5.74, 6) is 0. The van der Waals surface area contributed by atoms with E-state index in [9.17, 15) is 0 Å². The van der Waals surface area contributed by atoms with Crippen LogP contribution < -0.4 is 4.90 Å². The Morgan fingerprint density at radius 1 is 1.28 bits per heavy atom. The van der Waals surface area contributed by atoms with Crippen LogP contribution in [0.2, 0.25) is 0 Å². The molecule has 0 aliphatic rings. The lowest BCUT2D eigenvalue weighted by atomic mass is 10.2. The number of aryl methyl sites for hydroxylation is 1. The lowest BCUT2D eigenvalue weighted by Crippen LogP contribution is -2.22. The second-order valence-corrected chi connectivity index (χ2v) is 5.06. The Balaban J connectivity index is 2.19. The highest BCUT2D eigenvalue weighted by atomic mass is 79.9. The molecule has 0 aliphatic carbocycles. The van der Waals surface area contributed by atoms with E-state index in [0.29, 0.717) is 0 Å². The first-order chi connectivity index (χ1) is 8.69. The number of nitrogens with zero attached hydrogens (tertiary/aromatic N) is 3. The highest BCUT2D eigenvalue weighted by Gasteiger charge is 2.07. The number of rotatable bonds is 4. The summed E-state index contributed by atoms with van der Waals surface area (Å²) in [5.41, 5.74) is 3.24. The van der Waals surface area contributed by atoms with Crippen LogP contribution in [0.5, 0.6) is 0 Å². The van der Waals surface area contributed by atoms with Crippen LogP contribution in [-0.2, 0) is 6.54 Å². The van der Waals surface area contributed by atoms with Gasteiger partial charge in [-0.1, -0.05) is 6.07 Å². The fourth-order valence-electron chi connectivity index (χ4n) is 1.84. The topological polar surface area (TPSA) is 29.0 Å². The normalized spacial score (nSPS) is 10.4. The fraction of sp³-hybridized carbons (Fsp3) is 0.286. The largest absolute Gasteiger partial charge is 0.365 e. The molecule has 0 fully saturated rings. The zero-order valence-corrected chi connectivity index (χ0v) is 12.2. The third-order valence-corrected chi connectivity index (χ3v) is 3.17. The smallest absolute Gasteiger partial charge is 0.0602 e. The van der Waals surface area contributed by atoms with Gasteiger partial charge in [0, 0.05) is 22.9 Å². The summed E-state index contributed by atoms with van der Waals surface area (Å²) in [6.07, 6.45) is 3.67. The van der Waals surface area contributed by atoms with Gasteiger partial charge in [0.05, 0.1) is 24.1 Å². The summed E-state index contributed by atoms with van der Waals surface area (Å²) in [5, 5.41) is 0. The van der Waals surface area contributed by atoms with E-state index in [1.807, 2.05) is 25.3 Å². The van der Waals surface area contributed by atoms with Crippen molar-refractivity contribution < 1.29 is 0 Å². The molecule has 0 aliphatic heterocycles. The van der Waals surface area contributed by atoms with E-state index in [0.717, 1.165) is 34.6 Å². The van der Waals surface area contributed by atoms with Crippen LogP contribution in [0.4, 0.5) is 5.69 Å². The lowest BCUT2D eigenvalue weighted by Gasteiger charge is -2.22. The van der Waals surface area contributed by atoms with E-state index in [4.69, 9.17) is 0 Å². The summed E-state index contributed by atoms with van der Waals surface area (Å²) in [6.45, 7) is 5.88. The summed E-state index contributed by atoms with van der Waals surface area (Å²) in [6, 6.07) is 8.19. The van der Waals surface area contributed by atoms with E-state index >= 15 is 0 Å². The molecule has 94 valence electrons. The minimum Gasteiger partial charge on any atom is -0.365 e. The first-order valence-corrected chi connectivity index (χ1v) is 6.76. The minimum atomic E-state index is 0.802. The molecule has 3 nitrogen and oxygen atoms in total. The predicted molar refractivity (Wildman–Crippen MR) is 77.6 cm³/mol. The molecule has 4 heteroatoms. The van der Waals surface area contributed by atoms with Gasteiger partial charge < -0.3 is 4.90 Å². The van der Waals surface area contributed by atoms with Gasteiger partial charge in [-0.05, 0) is 48.0 Å². The molecule has 2 rings (SSSR count). The zero-order chi connectivity index (χ0) is 13.0. The summed E-state index contributed by atoms with van der Waals surface area (Å²) >= 11 is 3.45. The first kappa shape index (κ1) is 13.0. The van der Waals surface area contributed by atoms with Gasteiger partial charge in [-0.25, -0.2) is 0 Å². The van der Waals surface area contributed by atoms with Crippen molar-refractivity contribution in [3.8, 4) is 0 Å². The van der Waals surface area contributed by atoms with Crippen molar-refractivity contribution in [3.63, 3.8) is 0 Å². The van der Waals surface area contributed by atoms with E-state index in [2.05, 4.69) is 49.9 Å². The number of aromatic nitrogens is 2. The molecule has 2 aromatic heterocycles. The Labute approximate surface area is 116 Å². The molecule has 0 spiro atoms. The van der Waals surface area contributed by atoms with E-state index < -0.39 is 0 Å². The third kappa shape index (κ3) is 3.29. The van der Waals surface area contributed by atoms with E-state index in [1.165, 1.54) is 0 Å². The van der Waals surface area contributed by atoms with Gasteiger partial charge in [0.1, 0.15) is 0 Å². The number of anilines is 1. The highest BCUT2D eigenvalue weighted by molar-refractivity contribution is 9.10. The summed E-state index contributed by atoms with van der Waals surface area (Å²) in [4.78, 5) is 11.0. The average Bonchev–Trinajstić information content (AvgIpc) is 2.36. The number of hydrogen-bond acceptors (Lipinski definition) is 3. The molecule has 0 atom stereocenters. The molecule has 0 N–H and O–H groups in total. The molecule has 2 aromatic rings. The van der Waals surface area contributed by atoms with Crippen molar-refractivity contribution in [2.75, 3.05) is 11.4 Å². The van der Waals surface area contributed by atoms with Crippen LogP contribution in [-0.4, -0.2) is 16.5 Å². The summed E-state index contributed by atoms with van der Waals surface area (Å²) in [7, 11) is 0. The maximum absolute atomic E-state index is 4.54. The standard InChI is InChI=1S/C14H16BrN3/c1-3-18(14-7-12(15)8-16-9-14)10-13-6-4-5-11(2)17-13/h4-9H,3,10H2,1-2H3. The van der Waals surface area contributed by atoms with E-state index in [-0.39, 0.29) is 0 Å². The molecule has 0 bridgehead atoms. The molecule has 0 saturated carbocycles. The SMILES string of the molecule is CCN(Cc1cccc(C)n1)c1cncc(Br)c1. The van der Waals surface area contributed by atoms with Crippen molar-refractivity contribution in [1.29, 1.82) is 0 Å². The van der Waals surface area contributed by atoms with Gasteiger partial charge in [-0.2, -0.15) is 0 Å². The van der Waals surface area contributed by atoms with Crippen molar-refractivity contribution in [3.05, 3.63) is 52.5 Å². The van der Waals surface area contributed by atoms with Gasteiger partial charge in [-0.15, -0.1) is 0 Å². The second kappa shape index (κ2) is 5.96. The van der Waals surface area contributed by atoms with Crippen LogP contribution in [0.1, 0.15) is 18.3 Å². The Hall–Kier alpha value is -1.42. The second-order valence-electron chi connectivity index (χ2n) is 4.15. The van der Waals surface area contributed by atoms with Crippen LogP contribution in [0.25, 0.3) is 0 Å². The molecule has 0 amide bonds. The molecule has 18 heavy (non-hydrogen) atoms. The molecular weight excluding hydrogens is 290 g/mol. The molecule has 0 unspecified atom stereocenters. The van der Waals surface area contributed by atoms with Crippen molar-refractivity contribution >= 4 is 21.6 Å². The van der Waals surface area contributed by atoms with Crippen LogP contribution in [0.3, 0.4) is 0 Å². The number of halogens is 1. The summed E-state index contributed by atoms with van der Waals surface area (Å²) < 4.78 is 0.996. The Bertz CT molecular complexity index is 528.